The molecule has 0 saturated heterocycles. The van der Waals surface area contributed by atoms with Gasteiger partial charge in [-0.2, -0.15) is 0 Å². The Bertz CT molecular complexity index is 921. The average Bonchev–Trinajstić information content (AvgIpc) is 2.63. The van der Waals surface area contributed by atoms with Gasteiger partial charge in [-0.1, -0.05) is 59.6 Å². The summed E-state index contributed by atoms with van der Waals surface area (Å²) in [4.78, 5) is 25.2. The van der Waals surface area contributed by atoms with Gasteiger partial charge in [0.2, 0.25) is 5.91 Å². The van der Waals surface area contributed by atoms with Crippen molar-refractivity contribution in [1.82, 2.24) is 5.32 Å². The number of benzene rings is 2. The standard InChI is InChI=1S/C21H17Cl2NO2/c22-16-7-6-13(8-17(16)23)14-9-18-21(19(25)10-14)15(11-20(26)24-18)12-4-2-1-3-5-12/h1-8,14-15H,9-11H2,(H,24,26). The van der Waals surface area contributed by atoms with Gasteiger partial charge in [-0.15, -0.1) is 0 Å². The molecule has 0 spiro atoms. The molecule has 1 aliphatic heterocycles. The van der Waals surface area contributed by atoms with E-state index in [9.17, 15) is 9.59 Å². The number of ketones is 1. The van der Waals surface area contributed by atoms with Crippen LogP contribution in [-0.4, -0.2) is 11.7 Å². The molecule has 5 heteroatoms. The monoisotopic (exact) mass is 385 g/mol. The van der Waals surface area contributed by atoms with Gasteiger partial charge in [0.15, 0.2) is 5.78 Å². The van der Waals surface area contributed by atoms with Crippen LogP contribution in [-0.2, 0) is 9.59 Å². The van der Waals surface area contributed by atoms with Crippen molar-refractivity contribution in [2.24, 2.45) is 0 Å². The molecule has 2 atom stereocenters. The number of rotatable bonds is 2. The molecular weight excluding hydrogens is 369 g/mol. The van der Waals surface area contributed by atoms with Crippen molar-refractivity contribution < 1.29 is 9.59 Å². The van der Waals surface area contributed by atoms with Crippen LogP contribution in [0.3, 0.4) is 0 Å². The van der Waals surface area contributed by atoms with Gasteiger partial charge in [0.1, 0.15) is 0 Å². The highest BCUT2D eigenvalue weighted by Crippen LogP contribution is 2.43. The molecule has 1 amide bonds. The average molecular weight is 386 g/mol. The summed E-state index contributed by atoms with van der Waals surface area (Å²) in [7, 11) is 0. The Morgan fingerprint density at radius 2 is 1.62 bits per heavy atom. The van der Waals surface area contributed by atoms with E-state index in [1.54, 1.807) is 6.07 Å². The minimum Gasteiger partial charge on any atom is -0.329 e. The number of nitrogens with one attached hydrogen (secondary N) is 1. The van der Waals surface area contributed by atoms with E-state index in [4.69, 9.17) is 23.2 Å². The van der Waals surface area contributed by atoms with Gasteiger partial charge in [0.05, 0.1) is 10.0 Å². The zero-order valence-electron chi connectivity index (χ0n) is 14.0. The van der Waals surface area contributed by atoms with Crippen LogP contribution in [0.5, 0.6) is 0 Å². The van der Waals surface area contributed by atoms with Crippen molar-refractivity contribution in [2.45, 2.75) is 31.1 Å². The highest BCUT2D eigenvalue weighted by Gasteiger charge is 2.38. The molecule has 1 N–H and O–H groups in total. The molecule has 3 nitrogen and oxygen atoms in total. The molecule has 2 aromatic rings. The van der Waals surface area contributed by atoms with E-state index >= 15 is 0 Å². The maximum atomic E-state index is 13.0. The number of hydrogen-bond donors (Lipinski definition) is 1. The fourth-order valence-corrected chi connectivity index (χ4v) is 4.24. The minimum absolute atomic E-state index is 0.00848. The molecule has 0 aromatic heterocycles. The van der Waals surface area contributed by atoms with Crippen molar-refractivity contribution in [2.75, 3.05) is 0 Å². The molecule has 1 aliphatic carbocycles. The first-order valence-corrected chi connectivity index (χ1v) is 9.34. The Morgan fingerprint density at radius 3 is 2.35 bits per heavy atom. The van der Waals surface area contributed by atoms with E-state index in [0.29, 0.717) is 29.3 Å². The topological polar surface area (TPSA) is 46.2 Å². The predicted octanol–water partition coefficient (Wildman–Crippen LogP) is 5.00. The largest absolute Gasteiger partial charge is 0.329 e. The van der Waals surface area contributed by atoms with Gasteiger partial charge in [-0.3, -0.25) is 9.59 Å². The number of Topliss-reactive ketones (excluding diaryl/α,β-unsaturated/α-hetero) is 1. The SMILES string of the molecule is O=C1CC(c2ccccc2)C2=C(CC(c3ccc(Cl)c(Cl)c3)CC2=O)N1. The minimum atomic E-state index is -0.165. The van der Waals surface area contributed by atoms with E-state index in [0.717, 1.165) is 22.4 Å². The Hall–Kier alpha value is -2.10. The third-order valence-electron chi connectivity index (χ3n) is 5.15. The second-order valence-corrected chi connectivity index (χ2v) is 7.62. The van der Waals surface area contributed by atoms with Crippen LogP contribution in [0.15, 0.2) is 59.8 Å². The first-order chi connectivity index (χ1) is 12.5. The zero-order valence-corrected chi connectivity index (χ0v) is 15.5. The van der Waals surface area contributed by atoms with Gasteiger partial charge in [0, 0.05) is 30.0 Å². The maximum Gasteiger partial charge on any atom is 0.225 e. The lowest BCUT2D eigenvalue weighted by atomic mass is 9.73. The summed E-state index contributed by atoms with van der Waals surface area (Å²) >= 11 is 12.1. The lowest BCUT2D eigenvalue weighted by molar-refractivity contribution is -0.122. The van der Waals surface area contributed by atoms with Crippen LogP contribution in [0.4, 0.5) is 0 Å². The highest BCUT2D eigenvalue weighted by molar-refractivity contribution is 6.42. The van der Waals surface area contributed by atoms with Crippen LogP contribution < -0.4 is 5.32 Å². The number of amides is 1. The van der Waals surface area contributed by atoms with Crippen LogP contribution in [0.1, 0.15) is 42.2 Å². The van der Waals surface area contributed by atoms with Crippen molar-refractivity contribution in [3.63, 3.8) is 0 Å². The fraction of sp³-hybridized carbons (Fsp3) is 0.238. The van der Waals surface area contributed by atoms with E-state index < -0.39 is 0 Å². The van der Waals surface area contributed by atoms with Gasteiger partial charge in [-0.05, 0) is 35.6 Å². The van der Waals surface area contributed by atoms with E-state index in [2.05, 4.69) is 5.32 Å². The van der Waals surface area contributed by atoms with E-state index in [1.807, 2.05) is 42.5 Å². The van der Waals surface area contributed by atoms with Crippen molar-refractivity contribution in [1.29, 1.82) is 0 Å². The molecule has 0 bridgehead atoms. The lowest BCUT2D eigenvalue weighted by Gasteiger charge is -2.34. The van der Waals surface area contributed by atoms with Crippen LogP contribution in [0.2, 0.25) is 10.0 Å². The molecule has 4 rings (SSSR count). The molecule has 2 aliphatic rings. The molecular formula is C21H17Cl2NO2. The Morgan fingerprint density at radius 1 is 0.846 bits per heavy atom. The maximum absolute atomic E-state index is 13.0. The molecule has 1 heterocycles. The van der Waals surface area contributed by atoms with E-state index in [-0.39, 0.29) is 23.5 Å². The third-order valence-corrected chi connectivity index (χ3v) is 5.89. The smallest absolute Gasteiger partial charge is 0.225 e. The van der Waals surface area contributed by atoms with Gasteiger partial charge in [-0.25, -0.2) is 0 Å². The van der Waals surface area contributed by atoms with Crippen LogP contribution in [0.25, 0.3) is 0 Å². The number of halogens is 2. The quantitative estimate of drug-likeness (QED) is 0.790. The number of allylic oxidation sites excluding steroid dienone is 2. The van der Waals surface area contributed by atoms with Crippen molar-refractivity contribution >= 4 is 34.9 Å². The third kappa shape index (κ3) is 3.17. The summed E-state index contributed by atoms with van der Waals surface area (Å²) < 4.78 is 0. The summed E-state index contributed by atoms with van der Waals surface area (Å²) in [5.74, 6) is -0.121. The molecule has 0 saturated carbocycles. The van der Waals surface area contributed by atoms with Crippen LogP contribution in [0, 0.1) is 0 Å². The number of carbonyl (C=O) groups excluding carboxylic acids is 2. The molecule has 132 valence electrons. The Balaban J connectivity index is 1.71. The van der Waals surface area contributed by atoms with Gasteiger partial charge >= 0.3 is 0 Å². The van der Waals surface area contributed by atoms with Gasteiger partial charge < -0.3 is 5.32 Å². The summed E-state index contributed by atoms with van der Waals surface area (Å²) in [5, 5.41) is 3.91. The first-order valence-electron chi connectivity index (χ1n) is 8.59. The second kappa shape index (κ2) is 6.90. The lowest BCUT2D eigenvalue weighted by Crippen LogP contribution is -2.38. The van der Waals surface area contributed by atoms with Gasteiger partial charge in [0.25, 0.3) is 0 Å². The highest BCUT2D eigenvalue weighted by atomic mass is 35.5. The predicted molar refractivity (Wildman–Crippen MR) is 102 cm³/mol. The Labute approximate surface area is 162 Å². The fourth-order valence-electron chi connectivity index (χ4n) is 3.93. The summed E-state index contributed by atoms with van der Waals surface area (Å²) in [5.41, 5.74) is 3.49. The normalized spacial score (nSPS) is 22.8. The zero-order chi connectivity index (χ0) is 18.3. The summed E-state index contributed by atoms with van der Waals surface area (Å²) in [6.07, 6.45) is 1.34. The molecule has 0 radical (unpaired) electrons. The molecule has 2 unspecified atom stereocenters. The molecule has 0 fully saturated rings. The molecule has 26 heavy (non-hydrogen) atoms. The first kappa shape index (κ1) is 17.3. The van der Waals surface area contributed by atoms with Crippen molar-refractivity contribution in [3.05, 3.63) is 81.0 Å². The van der Waals surface area contributed by atoms with Crippen LogP contribution >= 0.6 is 23.2 Å². The summed E-state index contributed by atoms with van der Waals surface area (Å²) in [6, 6.07) is 15.2. The summed E-state index contributed by atoms with van der Waals surface area (Å²) in [6.45, 7) is 0. The number of carbonyl (C=O) groups is 2. The van der Waals surface area contributed by atoms with Crippen molar-refractivity contribution in [3.8, 4) is 0 Å². The number of hydrogen-bond acceptors (Lipinski definition) is 2. The molecule has 2 aromatic carbocycles. The Kier molecular flexibility index (Phi) is 4.60. The second-order valence-electron chi connectivity index (χ2n) is 6.81. The van der Waals surface area contributed by atoms with E-state index in [1.165, 1.54) is 0 Å².